The average molecular weight is 295 g/mol. The van der Waals surface area contributed by atoms with Gasteiger partial charge in [0.25, 0.3) is 0 Å². The number of ether oxygens (including phenoxy) is 2. The van der Waals surface area contributed by atoms with Gasteiger partial charge in [0.2, 0.25) is 0 Å². The van der Waals surface area contributed by atoms with E-state index in [0.29, 0.717) is 11.9 Å². The molecular formula is C15H19ClN2O2. The highest BCUT2D eigenvalue weighted by Crippen LogP contribution is 2.37. The van der Waals surface area contributed by atoms with E-state index in [1.807, 2.05) is 12.1 Å². The summed E-state index contributed by atoms with van der Waals surface area (Å²) in [4.78, 5) is 4.67. The van der Waals surface area contributed by atoms with Crippen LogP contribution in [0.5, 0.6) is 5.75 Å². The SMILES string of the molecule is COc1cccc2c1nc(CCl)n2C1CCCC1OC. The van der Waals surface area contributed by atoms with Crippen LogP contribution < -0.4 is 4.74 Å². The zero-order valence-electron chi connectivity index (χ0n) is 11.8. The molecule has 4 nitrogen and oxygen atoms in total. The van der Waals surface area contributed by atoms with Crippen molar-refractivity contribution in [2.45, 2.75) is 37.3 Å². The van der Waals surface area contributed by atoms with Crippen molar-refractivity contribution in [1.29, 1.82) is 0 Å². The zero-order chi connectivity index (χ0) is 14.1. The summed E-state index contributed by atoms with van der Waals surface area (Å²) in [6.45, 7) is 0. The number of aromatic nitrogens is 2. The highest BCUT2D eigenvalue weighted by atomic mass is 35.5. The van der Waals surface area contributed by atoms with Gasteiger partial charge >= 0.3 is 0 Å². The molecule has 2 aromatic rings. The summed E-state index contributed by atoms with van der Waals surface area (Å²) < 4.78 is 13.3. The summed E-state index contributed by atoms with van der Waals surface area (Å²) in [7, 11) is 3.45. The van der Waals surface area contributed by atoms with Gasteiger partial charge in [-0.15, -0.1) is 11.6 Å². The molecule has 1 aliphatic rings. The Kier molecular flexibility index (Phi) is 3.85. The smallest absolute Gasteiger partial charge is 0.146 e. The minimum atomic E-state index is 0.237. The van der Waals surface area contributed by atoms with Crippen LogP contribution in [0.25, 0.3) is 11.0 Å². The maximum Gasteiger partial charge on any atom is 0.146 e. The van der Waals surface area contributed by atoms with Crippen LogP contribution in [0.15, 0.2) is 18.2 Å². The third-order valence-electron chi connectivity index (χ3n) is 4.15. The predicted octanol–water partition coefficient (Wildman–Crippen LogP) is 3.52. The number of hydrogen-bond acceptors (Lipinski definition) is 3. The van der Waals surface area contributed by atoms with Crippen LogP contribution in [0.4, 0.5) is 0 Å². The Bertz CT molecular complexity index is 611. The van der Waals surface area contributed by atoms with Crippen molar-refractivity contribution in [2.75, 3.05) is 14.2 Å². The molecule has 0 saturated heterocycles. The van der Waals surface area contributed by atoms with E-state index < -0.39 is 0 Å². The van der Waals surface area contributed by atoms with Crippen molar-refractivity contribution in [3.05, 3.63) is 24.0 Å². The molecule has 1 saturated carbocycles. The fourth-order valence-electron chi connectivity index (χ4n) is 3.25. The summed E-state index contributed by atoms with van der Waals surface area (Å²) in [5, 5.41) is 0. The number of fused-ring (bicyclic) bond motifs is 1. The second-order valence-corrected chi connectivity index (χ2v) is 5.40. The zero-order valence-corrected chi connectivity index (χ0v) is 12.6. The first-order chi connectivity index (χ1) is 9.80. The number of halogens is 1. The van der Waals surface area contributed by atoms with Crippen LogP contribution >= 0.6 is 11.6 Å². The molecule has 1 aliphatic carbocycles. The van der Waals surface area contributed by atoms with Crippen LogP contribution in [0.3, 0.4) is 0 Å². The number of methoxy groups -OCH3 is 2. The third kappa shape index (κ3) is 2.07. The highest BCUT2D eigenvalue weighted by molar-refractivity contribution is 6.16. The predicted molar refractivity (Wildman–Crippen MR) is 79.5 cm³/mol. The molecule has 3 rings (SSSR count). The molecule has 20 heavy (non-hydrogen) atoms. The average Bonchev–Trinajstić information content (AvgIpc) is 3.09. The Labute approximate surface area is 123 Å². The Balaban J connectivity index is 2.18. The van der Waals surface area contributed by atoms with E-state index in [1.54, 1.807) is 14.2 Å². The second kappa shape index (κ2) is 5.62. The van der Waals surface area contributed by atoms with Gasteiger partial charge in [-0.25, -0.2) is 4.98 Å². The lowest BCUT2D eigenvalue weighted by Gasteiger charge is -2.22. The van der Waals surface area contributed by atoms with Gasteiger partial charge in [0.05, 0.1) is 30.7 Å². The molecule has 0 radical (unpaired) electrons. The van der Waals surface area contributed by atoms with E-state index in [9.17, 15) is 0 Å². The topological polar surface area (TPSA) is 36.3 Å². The van der Waals surface area contributed by atoms with Gasteiger partial charge in [0.1, 0.15) is 17.1 Å². The third-order valence-corrected chi connectivity index (χ3v) is 4.39. The quantitative estimate of drug-likeness (QED) is 0.810. The molecule has 0 bridgehead atoms. The second-order valence-electron chi connectivity index (χ2n) is 5.13. The summed E-state index contributed by atoms with van der Waals surface area (Å²) >= 11 is 6.10. The largest absolute Gasteiger partial charge is 0.494 e. The molecule has 2 unspecified atom stereocenters. The molecule has 1 aromatic heterocycles. The van der Waals surface area contributed by atoms with E-state index >= 15 is 0 Å². The molecule has 2 atom stereocenters. The first kappa shape index (κ1) is 13.7. The maximum absolute atomic E-state index is 6.10. The molecule has 0 N–H and O–H groups in total. The van der Waals surface area contributed by atoms with Crippen LogP contribution in [0.1, 0.15) is 31.1 Å². The number of benzene rings is 1. The van der Waals surface area contributed by atoms with E-state index in [2.05, 4.69) is 15.6 Å². The number of hydrogen-bond donors (Lipinski definition) is 0. The molecule has 108 valence electrons. The van der Waals surface area contributed by atoms with E-state index in [1.165, 1.54) is 6.42 Å². The lowest BCUT2D eigenvalue weighted by Crippen LogP contribution is -2.22. The standard InChI is InChI=1S/C15H19ClN2O2/c1-19-12-7-3-5-10(12)18-11-6-4-8-13(20-2)15(11)17-14(18)9-16/h4,6,8,10,12H,3,5,7,9H2,1-2H3. The number of alkyl halides is 1. The highest BCUT2D eigenvalue weighted by Gasteiger charge is 2.31. The molecule has 0 aliphatic heterocycles. The van der Waals surface area contributed by atoms with Crippen molar-refractivity contribution in [3.8, 4) is 5.75 Å². The van der Waals surface area contributed by atoms with Crippen molar-refractivity contribution in [2.24, 2.45) is 0 Å². The lowest BCUT2D eigenvalue weighted by atomic mass is 10.2. The maximum atomic E-state index is 6.10. The molecule has 0 spiro atoms. The number of nitrogens with zero attached hydrogens (tertiary/aromatic N) is 2. The van der Waals surface area contributed by atoms with E-state index in [-0.39, 0.29) is 6.10 Å². The van der Waals surface area contributed by atoms with E-state index in [4.69, 9.17) is 21.1 Å². The Hall–Kier alpha value is -1.26. The van der Waals surface area contributed by atoms with Gasteiger partial charge in [-0.2, -0.15) is 0 Å². The summed E-state index contributed by atoms with van der Waals surface area (Å²) in [5.41, 5.74) is 1.96. The molecular weight excluding hydrogens is 276 g/mol. The van der Waals surface area contributed by atoms with Crippen molar-refractivity contribution >= 4 is 22.6 Å². The Morgan fingerprint density at radius 2 is 2.20 bits per heavy atom. The van der Waals surface area contributed by atoms with Gasteiger partial charge < -0.3 is 14.0 Å². The number of rotatable bonds is 4. The van der Waals surface area contributed by atoms with Gasteiger partial charge in [-0.1, -0.05) is 6.07 Å². The molecule has 1 aromatic carbocycles. The molecule has 1 fully saturated rings. The van der Waals surface area contributed by atoms with Crippen LogP contribution in [0.2, 0.25) is 0 Å². The van der Waals surface area contributed by atoms with Crippen LogP contribution in [-0.4, -0.2) is 29.9 Å². The summed E-state index contributed by atoms with van der Waals surface area (Å²) in [5.74, 6) is 2.07. The summed E-state index contributed by atoms with van der Waals surface area (Å²) in [6.07, 6.45) is 3.60. The molecule has 0 amide bonds. The van der Waals surface area contributed by atoms with Gasteiger partial charge in [-0.3, -0.25) is 0 Å². The normalized spacial score (nSPS) is 22.6. The lowest BCUT2D eigenvalue weighted by molar-refractivity contribution is 0.0755. The van der Waals surface area contributed by atoms with E-state index in [0.717, 1.165) is 35.4 Å². The van der Waals surface area contributed by atoms with Crippen molar-refractivity contribution in [1.82, 2.24) is 9.55 Å². The first-order valence-corrected chi connectivity index (χ1v) is 7.46. The Morgan fingerprint density at radius 1 is 1.35 bits per heavy atom. The van der Waals surface area contributed by atoms with Gasteiger partial charge in [0, 0.05) is 7.11 Å². The number of imidazole rings is 1. The molecule has 1 heterocycles. The van der Waals surface area contributed by atoms with Crippen LogP contribution in [-0.2, 0) is 10.6 Å². The molecule has 5 heteroatoms. The Morgan fingerprint density at radius 3 is 2.90 bits per heavy atom. The fourth-order valence-corrected chi connectivity index (χ4v) is 3.43. The van der Waals surface area contributed by atoms with Gasteiger partial charge in [0.15, 0.2) is 0 Å². The van der Waals surface area contributed by atoms with Crippen molar-refractivity contribution in [3.63, 3.8) is 0 Å². The monoisotopic (exact) mass is 294 g/mol. The minimum absolute atomic E-state index is 0.237. The fraction of sp³-hybridized carbons (Fsp3) is 0.533. The number of para-hydroxylation sites is 1. The van der Waals surface area contributed by atoms with Crippen LogP contribution in [0, 0.1) is 0 Å². The van der Waals surface area contributed by atoms with Crippen molar-refractivity contribution < 1.29 is 9.47 Å². The van der Waals surface area contributed by atoms with Gasteiger partial charge in [-0.05, 0) is 31.4 Å². The minimum Gasteiger partial charge on any atom is -0.494 e. The first-order valence-electron chi connectivity index (χ1n) is 6.92. The summed E-state index contributed by atoms with van der Waals surface area (Å²) in [6, 6.07) is 6.31.